The summed E-state index contributed by atoms with van der Waals surface area (Å²) in [5, 5.41) is 3.19. The van der Waals surface area contributed by atoms with Crippen LogP contribution in [0.15, 0.2) is 24.3 Å². The van der Waals surface area contributed by atoms with Gasteiger partial charge in [0.05, 0.1) is 12.5 Å². The molecule has 4 fully saturated rings. The Hall–Kier alpha value is -1.51. The number of rotatable bonds is 3. The zero-order valence-corrected chi connectivity index (χ0v) is 14.4. The summed E-state index contributed by atoms with van der Waals surface area (Å²) in [4.78, 5) is 13.2. The monoisotopic (exact) mass is 313 g/mol. The molecule has 3 nitrogen and oxygen atoms in total. The Balaban J connectivity index is 1.58. The van der Waals surface area contributed by atoms with Crippen LogP contribution >= 0.6 is 0 Å². The molecule has 1 aromatic rings. The van der Waals surface area contributed by atoms with Gasteiger partial charge in [-0.05, 0) is 79.5 Å². The number of anilines is 1. The molecule has 5 rings (SSSR count). The standard InChI is InChI=1S/C20H27NO2/c1-18-8-14-9-19(2,11-18)13-20(10-14,12-18)17(22)21-15-4-6-16(23-3)7-5-15/h4-7,14H,8-13H2,1-3H3,(H,21,22). The maximum atomic E-state index is 13.2. The molecule has 2 atom stereocenters. The number of carbonyl (C=O) groups is 1. The molecule has 0 radical (unpaired) electrons. The Bertz CT molecular complexity index is 618. The Kier molecular flexibility index (Phi) is 3.11. The van der Waals surface area contributed by atoms with Gasteiger partial charge in [-0.2, -0.15) is 0 Å². The fraction of sp³-hybridized carbons (Fsp3) is 0.650. The number of carbonyl (C=O) groups excluding carboxylic acids is 1. The molecule has 0 heterocycles. The Morgan fingerprint density at radius 1 is 1.04 bits per heavy atom. The fourth-order valence-electron chi connectivity index (χ4n) is 6.64. The van der Waals surface area contributed by atoms with Crippen LogP contribution in [0.1, 0.15) is 52.4 Å². The number of nitrogens with one attached hydrogen (secondary N) is 1. The lowest BCUT2D eigenvalue weighted by molar-refractivity contribution is -0.165. The van der Waals surface area contributed by atoms with Crippen LogP contribution in [0.3, 0.4) is 0 Å². The van der Waals surface area contributed by atoms with Gasteiger partial charge >= 0.3 is 0 Å². The summed E-state index contributed by atoms with van der Waals surface area (Å²) in [6.07, 6.45) is 7.15. The number of amides is 1. The van der Waals surface area contributed by atoms with Gasteiger partial charge in [-0.1, -0.05) is 13.8 Å². The Morgan fingerprint density at radius 2 is 1.65 bits per heavy atom. The molecule has 0 aliphatic heterocycles. The van der Waals surface area contributed by atoms with Crippen molar-refractivity contribution in [1.82, 2.24) is 0 Å². The van der Waals surface area contributed by atoms with Crippen LogP contribution in [-0.4, -0.2) is 13.0 Å². The average molecular weight is 313 g/mol. The maximum absolute atomic E-state index is 13.2. The van der Waals surface area contributed by atoms with E-state index in [9.17, 15) is 4.79 Å². The topological polar surface area (TPSA) is 38.3 Å². The number of hydrogen-bond donors (Lipinski definition) is 1. The van der Waals surface area contributed by atoms with Crippen molar-refractivity contribution in [3.05, 3.63) is 24.3 Å². The second kappa shape index (κ2) is 4.75. The normalized spacial score (nSPS) is 40.9. The number of benzene rings is 1. The Morgan fingerprint density at radius 3 is 2.17 bits per heavy atom. The first-order valence-corrected chi connectivity index (χ1v) is 8.79. The van der Waals surface area contributed by atoms with Crippen molar-refractivity contribution < 1.29 is 9.53 Å². The summed E-state index contributed by atoms with van der Waals surface area (Å²) in [5.41, 5.74) is 1.46. The van der Waals surface area contributed by atoms with Crippen molar-refractivity contribution in [1.29, 1.82) is 0 Å². The highest BCUT2D eigenvalue weighted by molar-refractivity contribution is 5.95. The molecule has 2 unspecified atom stereocenters. The van der Waals surface area contributed by atoms with Crippen LogP contribution in [0.25, 0.3) is 0 Å². The Labute approximate surface area is 138 Å². The van der Waals surface area contributed by atoms with Gasteiger partial charge in [-0.3, -0.25) is 4.79 Å². The summed E-state index contributed by atoms with van der Waals surface area (Å²) in [6.45, 7) is 4.82. The van der Waals surface area contributed by atoms with Crippen LogP contribution in [0.4, 0.5) is 5.69 Å². The first-order valence-electron chi connectivity index (χ1n) is 8.79. The van der Waals surface area contributed by atoms with Gasteiger partial charge in [-0.25, -0.2) is 0 Å². The van der Waals surface area contributed by atoms with Gasteiger partial charge in [0.2, 0.25) is 5.91 Å². The lowest BCUT2D eigenvalue weighted by atomic mass is 9.40. The highest BCUT2D eigenvalue weighted by atomic mass is 16.5. The van der Waals surface area contributed by atoms with Crippen molar-refractivity contribution in [2.45, 2.75) is 52.4 Å². The smallest absolute Gasteiger partial charge is 0.230 e. The van der Waals surface area contributed by atoms with E-state index in [1.807, 2.05) is 24.3 Å². The van der Waals surface area contributed by atoms with E-state index in [-0.39, 0.29) is 11.3 Å². The second-order valence-electron chi connectivity index (χ2n) is 9.09. The van der Waals surface area contributed by atoms with Gasteiger partial charge in [0.1, 0.15) is 5.75 Å². The van der Waals surface area contributed by atoms with E-state index in [4.69, 9.17) is 4.74 Å². The van der Waals surface area contributed by atoms with Crippen LogP contribution in [0, 0.1) is 22.2 Å². The average Bonchev–Trinajstić information content (AvgIpc) is 2.44. The molecule has 3 heteroatoms. The highest BCUT2D eigenvalue weighted by Gasteiger charge is 2.62. The molecule has 0 aromatic heterocycles. The van der Waals surface area contributed by atoms with Crippen LogP contribution < -0.4 is 10.1 Å². The maximum Gasteiger partial charge on any atom is 0.230 e. The minimum atomic E-state index is -0.150. The molecule has 4 saturated carbocycles. The van der Waals surface area contributed by atoms with Crippen molar-refractivity contribution in [3.8, 4) is 5.75 Å². The van der Waals surface area contributed by atoms with Crippen LogP contribution in [0.2, 0.25) is 0 Å². The van der Waals surface area contributed by atoms with Gasteiger partial charge in [0, 0.05) is 5.69 Å². The fourth-order valence-corrected chi connectivity index (χ4v) is 6.64. The van der Waals surface area contributed by atoms with Crippen molar-refractivity contribution in [2.75, 3.05) is 12.4 Å². The molecule has 1 amide bonds. The van der Waals surface area contributed by atoms with Crippen LogP contribution in [0.5, 0.6) is 5.75 Å². The predicted molar refractivity (Wildman–Crippen MR) is 91.5 cm³/mol. The van der Waals surface area contributed by atoms with E-state index in [0.717, 1.165) is 36.6 Å². The molecule has 1 N–H and O–H groups in total. The number of ether oxygens (including phenoxy) is 1. The molecular formula is C20H27NO2. The molecule has 23 heavy (non-hydrogen) atoms. The molecule has 4 aliphatic rings. The number of methoxy groups -OCH3 is 1. The zero-order chi connectivity index (χ0) is 16.3. The summed E-state index contributed by atoms with van der Waals surface area (Å²) in [7, 11) is 1.66. The van der Waals surface area contributed by atoms with Gasteiger partial charge in [-0.15, -0.1) is 0 Å². The molecule has 0 saturated heterocycles. The first kappa shape index (κ1) is 15.0. The minimum absolute atomic E-state index is 0.150. The molecular weight excluding hydrogens is 286 g/mol. The zero-order valence-electron chi connectivity index (χ0n) is 14.4. The van der Waals surface area contributed by atoms with Crippen molar-refractivity contribution in [2.24, 2.45) is 22.2 Å². The number of hydrogen-bond acceptors (Lipinski definition) is 2. The van der Waals surface area contributed by atoms with Gasteiger partial charge in [0.25, 0.3) is 0 Å². The second-order valence-corrected chi connectivity index (χ2v) is 9.09. The molecule has 4 bridgehead atoms. The third-order valence-corrected chi connectivity index (χ3v) is 6.46. The quantitative estimate of drug-likeness (QED) is 0.883. The van der Waals surface area contributed by atoms with E-state index in [2.05, 4.69) is 19.2 Å². The largest absolute Gasteiger partial charge is 0.497 e. The lowest BCUT2D eigenvalue weighted by Gasteiger charge is -2.64. The van der Waals surface area contributed by atoms with Crippen molar-refractivity contribution in [3.63, 3.8) is 0 Å². The molecule has 0 spiro atoms. The predicted octanol–water partition coefficient (Wildman–Crippen LogP) is 4.63. The van der Waals surface area contributed by atoms with E-state index >= 15 is 0 Å². The van der Waals surface area contributed by atoms with Crippen molar-refractivity contribution >= 4 is 11.6 Å². The van der Waals surface area contributed by atoms with Gasteiger partial charge in [0.15, 0.2) is 0 Å². The third kappa shape index (κ3) is 2.45. The third-order valence-electron chi connectivity index (χ3n) is 6.46. The minimum Gasteiger partial charge on any atom is -0.497 e. The van der Waals surface area contributed by atoms with E-state index < -0.39 is 0 Å². The highest BCUT2D eigenvalue weighted by Crippen LogP contribution is 2.69. The van der Waals surface area contributed by atoms with E-state index in [0.29, 0.717) is 10.8 Å². The molecule has 124 valence electrons. The van der Waals surface area contributed by atoms with E-state index in [1.165, 1.54) is 19.3 Å². The van der Waals surface area contributed by atoms with Crippen LogP contribution in [-0.2, 0) is 4.79 Å². The summed E-state index contributed by atoms with van der Waals surface area (Å²) in [6, 6.07) is 7.66. The summed E-state index contributed by atoms with van der Waals surface area (Å²) < 4.78 is 5.19. The van der Waals surface area contributed by atoms with Gasteiger partial charge < -0.3 is 10.1 Å². The summed E-state index contributed by atoms with van der Waals surface area (Å²) >= 11 is 0. The molecule has 4 aliphatic carbocycles. The lowest BCUT2D eigenvalue weighted by Crippen LogP contribution is -2.58. The van der Waals surface area contributed by atoms with E-state index in [1.54, 1.807) is 7.11 Å². The summed E-state index contributed by atoms with van der Waals surface area (Å²) in [5.74, 6) is 1.80. The first-order chi connectivity index (χ1) is 10.8. The SMILES string of the molecule is COc1ccc(NC(=O)C23CC4CC(C)(CC(C)(C4)C2)C3)cc1. The molecule has 1 aromatic carbocycles.